The van der Waals surface area contributed by atoms with Crippen molar-refractivity contribution in [3.63, 3.8) is 0 Å². The second-order valence-corrected chi connectivity index (χ2v) is 5.49. The van der Waals surface area contributed by atoms with Crippen molar-refractivity contribution in [2.45, 2.75) is 0 Å². The standard InChI is InChI=1S/C17H17FN4O3/c1-24-17(23)16-14(20)11(9-19)10-22(16)15-12(18)3-2-4-13(15)21-5-7-25-8-6-21/h2-4,10H,5-8,20H2,1H3. The number of nitriles is 1. The normalized spacial score (nSPS) is 14.2. The summed E-state index contributed by atoms with van der Waals surface area (Å²) < 4.78 is 26.1. The smallest absolute Gasteiger partial charge is 0.357 e. The molecule has 1 aliphatic heterocycles. The molecule has 0 aliphatic carbocycles. The predicted octanol–water partition coefficient (Wildman–Crippen LogP) is 1.69. The van der Waals surface area contributed by atoms with Crippen LogP contribution in [0.4, 0.5) is 15.8 Å². The summed E-state index contributed by atoms with van der Waals surface area (Å²) in [6.07, 6.45) is 1.35. The molecule has 2 heterocycles. The van der Waals surface area contributed by atoms with Crippen molar-refractivity contribution in [3.8, 4) is 11.8 Å². The molecule has 0 atom stereocenters. The topological polar surface area (TPSA) is 93.5 Å². The van der Waals surface area contributed by atoms with Crippen molar-refractivity contribution < 1.29 is 18.7 Å². The summed E-state index contributed by atoms with van der Waals surface area (Å²) in [5.41, 5.74) is 6.62. The SMILES string of the molecule is COC(=O)c1c(N)c(C#N)cn1-c1c(F)cccc1N1CCOCC1. The van der Waals surface area contributed by atoms with Gasteiger partial charge >= 0.3 is 5.97 Å². The molecule has 2 N–H and O–H groups in total. The fourth-order valence-corrected chi connectivity index (χ4v) is 2.89. The summed E-state index contributed by atoms with van der Waals surface area (Å²) in [6, 6.07) is 6.56. The Balaban J connectivity index is 2.23. The maximum atomic E-state index is 14.7. The van der Waals surface area contributed by atoms with Crippen LogP contribution in [-0.4, -0.2) is 43.9 Å². The number of para-hydroxylation sites is 1. The number of carbonyl (C=O) groups excluding carboxylic acids is 1. The molecule has 0 amide bonds. The van der Waals surface area contributed by atoms with Crippen molar-refractivity contribution in [3.05, 3.63) is 41.5 Å². The number of nitrogens with zero attached hydrogens (tertiary/aromatic N) is 3. The van der Waals surface area contributed by atoms with Gasteiger partial charge in [-0.2, -0.15) is 5.26 Å². The number of carbonyl (C=O) groups is 1. The molecular formula is C17H17FN4O3. The molecule has 0 spiro atoms. The molecule has 25 heavy (non-hydrogen) atoms. The van der Waals surface area contributed by atoms with Gasteiger partial charge in [-0.25, -0.2) is 9.18 Å². The van der Waals surface area contributed by atoms with Gasteiger partial charge in [-0.3, -0.25) is 0 Å². The summed E-state index contributed by atoms with van der Waals surface area (Å²) in [6.45, 7) is 2.23. The zero-order chi connectivity index (χ0) is 18.0. The molecule has 2 aromatic rings. The molecule has 0 saturated carbocycles. The van der Waals surface area contributed by atoms with Crippen LogP contribution in [-0.2, 0) is 9.47 Å². The Morgan fingerprint density at radius 1 is 1.40 bits per heavy atom. The number of hydrogen-bond donors (Lipinski definition) is 1. The molecule has 1 saturated heterocycles. The minimum Gasteiger partial charge on any atom is -0.464 e. The van der Waals surface area contributed by atoms with E-state index >= 15 is 0 Å². The third kappa shape index (κ3) is 2.90. The number of halogens is 1. The van der Waals surface area contributed by atoms with Crippen LogP contribution in [0.1, 0.15) is 16.1 Å². The summed E-state index contributed by atoms with van der Waals surface area (Å²) in [4.78, 5) is 14.1. The Bertz CT molecular complexity index is 850. The highest BCUT2D eigenvalue weighted by Gasteiger charge is 2.26. The first kappa shape index (κ1) is 16.8. The van der Waals surface area contributed by atoms with Crippen LogP contribution in [0.2, 0.25) is 0 Å². The third-order valence-corrected chi connectivity index (χ3v) is 4.10. The van der Waals surface area contributed by atoms with E-state index in [4.69, 9.17) is 15.2 Å². The van der Waals surface area contributed by atoms with Gasteiger partial charge in [0.15, 0.2) is 5.69 Å². The summed E-state index contributed by atoms with van der Waals surface area (Å²) in [7, 11) is 1.20. The monoisotopic (exact) mass is 344 g/mol. The van der Waals surface area contributed by atoms with Crippen molar-refractivity contribution in [1.29, 1.82) is 5.26 Å². The van der Waals surface area contributed by atoms with E-state index in [0.717, 1.165) is 0 Å². The number of benzene rings is 1. The first-order valence-electron chi connectivity index (χ1n) is 7.69. The van der Waals surface area contributed by atoms with Gasteiger partial charge in [-0.1, -0.05) is 6.07 Å². The lowest BCUT2D eigenvalue weighted by molar-refractivity contribution is 0.0593. The molecule has 130 valence electrons. The van der Waals surface area contributed by atoms with Gasteiger partial charge in [0.25, 0.3) is 0 Å². The van der Waals surface area contributed by atoms with Gasteiger partial charge in [-0.15, -0.1) is 0 Å². The van der Waals surface area contributed by atoms with E-state index in [1.165, 1.54) is 23.9 Å². The predicted molar refractivity (Wildman–Crippen MR) is 89.2 cm³/mol. The molecule has 0 unspecified atom stereocenters. The lowest BCUT2D eigenvalue weighted by Gasteiger charge is -2.31. The van der Waals surface area contributed by atoms with Crippen LogP contribution in [0, 0.1) is 17.1 Å². The van der Waals surface area contributed by atoms with Crippen LogP contribution in [0.25, 0.3) is 5.69 Å². The Labute approximate surface area is 144 Å². The van der Waals surface area contributed by atoms with E-state index in [2.05, 4.69) is 0 Å². The minimum absolute atomic E-state index is 0.0365. The highest BCUT2D eigenvalue weighted by molar-refractivity contribution is 5.96. The molecule has 0 radical (unpaired) electrons. The lowest BCUT2D eigenvalue weighted by atomic mass is 10.2. The Kier molecular flexibility index (Phi) is 4.59. The highest BCUT2D eigenvalue weighted by atomic mass is 19.1. The highest BCUT2D eigenvalue weighted by Crippen LogP contribution is 2.33. The Hall–Kier alpha value is -3.05. The maximum Gasteiger partial charge on any atom is 0.357 e. The van der Waals surface area contributed by atoms with Crippen LogP contribution in [0.3, 0.4) is 0 Å². The number of morpholine rings is 1. The van der Waals surface area contributed by atoms with Crippen LogP contribution in [0.5, 0.6) is 0 Å². The molecular weight excluding hydrogens is 327 g/mol. The van der Waals surface area contributed by atoms with E-state index in [1.54, 1.807) is 12.1 Å². The van der Waals surface area contributed by atoms with Gasteiger partial charge < -0.3 is 24.7 Å². The maximum absolute atomic E-state index is 14.7. The third-order valence-electron chi connectivity index (χ3n) is 4.10. The average Bonchev–Trinajstić information content (AvgIpc) is 2.97. The van der Waals surface area contributed by atoms with E-state index < -0.39 is 11.8 Å². The number of hydrogen-bond acceptors (Lipinski definition) is 6. The fourth-order valence-electron chi connectivity index (χ4n) is 2.89. The number of nitrogen functional groups attached to an aromatic ring is 1. The van der Waals surface area contributed by atoms with Crippen molar-refractivity contribution in [1.82, 2.24) is 4.57 Å². The average molecular weight is 344 g/mol. The van der Waals surface area contributed by atoms with Gasteiger partial charge in [0, 0.05) is 19.3 Å². The number of anilines is 2. The van der Waals surface area contributed by atoms with E-state index in [1.807, 2.05) is 11.0 Å². The zero-order valence-corrected chi connectivity index (χ0v) is 13.7. The largest absolute Gasteiger partial charge is 0.464 e. The number of ether oxygens (including phenoxy) is 2. The van der Waals surface area contributed by atoms with Crippen LogP contribution >= 0.6 is 0 Å². The quantitative estimate of drug-likeness (QED) is 0.852. The van der Waals surface area contributed by atoms with Gasteiger partial charge in [0.1, 0.15) is 17.6 Å². The zero-order valence-electron chi connectivity index (χ0n) is 13.7. The fraction of sp³-hybridized carbons (Fsp3) is 0.294. The van der Waals surface area contributed by atoms with Crippen LogP contribution < -0.4 is 10.6 Å². The van der Waals surface area contributed by atoms with Gasteiger partial charge in [0.05, 0.1) is 37.3 Å². The van der Waals surface area contributed by atoms with Crippen molar-refractivity contribution >= 4 is 17.3 Å². The molecule has 1 aromatic carbocycles. The molecule has 0 bridgehead atoms. The lowest BCUT2D eigenvalue weighted by Crippen LogP contribution is -2.37. The number of nitrogens with two attached hydrogens (primary N) is 1. The second kappa shape index (κ2) is 6.83. The Morgan fingerprint density at radius 3 is 2.76 bits per heavy atom. The second-order valence-electron chi connectivity index (χ2n) is 5.49. The van der Waals surface area contributed by atoms with E-state index in [9.17, 15) is 14.4 Å². The number of methoxy groups -OCH3 is 1. The summed E-state index contributed by atoms with van der Waals surface area (Å²) in [5.74, 6) is -1.27. The summed E-state index contributed by atoms with van der Waals surface area (Å²) >= 11 is 0. The molecule has 1 aliphatic rings. The molecule has 1 aromatic heterocycles. The van der Waals surface area contributed by atoms with Crippen LogP contribution in [0.15, 0.2) is 24.4 Å². The minimum atomic E-state index is -0.741. The first-order valence-corrected chi connectivity index (χ1v) is 7.69. The number of aromatic nitrogens is 1. The van der Waals surface area contributed by atoms with E-state index in [-0.39, 0.29) is 22.6 Å². The van der Waals surface area contributed by atoms with Crippen molar-refractivity contribution in [2.75, 3.05) is 44.0 Å². The number of rotatable bonds is 3. The van der Waals surface area contributed by atoms with Gasteiger partial charge in [0.2, 0.25) is 0 Å². The van der Waals surface area contributed by atoms with Crippen molar-refractivity contribution in [2.24, 2.45) is 0 Å². The van der Waals surface area contributed by atoms with Gasteiger partial charge in [-0.05, 0) is 12.1 Å². The molecule has 1 fully saturated rings. The van der Waals surface area contributed by atoms with E-state index in [0.29, 0.717) is 32.0 Å². The molecule has 7 nitrogen and oxygen atoms in total. The Morgan fingerprint density at radius 2 is 2.12 bits per heavy atom. The summed E-state index contributed by atoms with van der Waals surface area (Å²) in [5, 5.41) is 9.23. The molecule has 8 heteroatoms. The molecule has 3 rings (SSSR count). The first-order chi connectivity index (χ1) is 12.1. The number of esters is 1.